The van der Waals surface area contributed by atoms with E-state index in [0.29, 0.717) is 30.3 Å². The zero-order valence-corrected chi connectivity index (χ0v) is 14.4. The molecule has 0 spiro atoms. The number of nitrogens with one attached hydrogen (secondary N) is 1. The lowest BCUT2D eigenvalue weighted by molar-refractivity contribution is 0.323. The topological polar surface area (TPSA) is 52.9 Å². The summed E-state index contributed by atoms with van der Waals surface area (Å²) in [5.41, 5.74) is 1.05. The number of halogens is 1. The SMILES string of the molecule is COc1cc(CNCc2ccc(I)o2)cc(OC)c1OC. The summed E-state index contributed by atoms with van der Waals surface area (Å²) >= 11 is 2.15. The molecule has 1 N–H and O–H groups in total. The summed E-state index contributed by atoms with van der Waals surface area (Å²) in [5, 5.41) is 3.32. The fourth-order valence-corrected chi connectivity index (χ4v) is 2.48. The Bertz CT molecular complexity index is 572. The Morgan fingerprint density at radius 1 is 1.00 bits per heavy atom. The molecule has 0 aliphatic rings. The van der Waals surface area contributed by atoms with E-state index in [1.54, 1.807) is 21.3 Å². The lowest BCUT2D eigenvalue weighted by Crippen LogP contribution is -2.12. The molecule has 0 aliphatic heterocycles. The number of furan rings is 1. The second-order valence-corrected chi connectivity index (χ2v) is 5.41. The summed E-state index contributed by atoms with van der Waals surface area (Å²) in [7, 11) is 4.81. The zero-order valence-electron chi connectivity index (χ0n) is 12.2. The Morgan fingerprint density at radius 3 is 2.14 bits per heavy atom. The van der Waals surface area contributed by atoms with Gasteiger partial charge in [-0.25, -0.2) is 0 Å². The second kappa shape index (κ2) is 7.56. The Kier molecular flexibility index (Phi) is 5.75. The van der Waals surface area contributed by atoms with Crippen LogP contribution in [0.1, 0.15) is 11.3 Å². The van der Waals surface area contributed by atoms with Crippen molar-refractivity contribution in [3.05, 3.63) is 39.4 Å². The summed E-state index contributed by atoms with van der Waals surface area (Å²) < 4.78 is 22.4. The molecule has 0 aliphatic carbocycles. The van der Waals surface area contributed by atoms with Gasteiger partial charge in [-0.2, -0.15) is 0 Å². The summed E-state index contributed by atoms with van der Waals surface area (Å²) in [6.07, 6.45) is 0. The van der Waals surface area contributed by atoms with Crippen molar-refractivity contribution in [3.8, 4) is 17.2 Å². The van der Waals surface area contributed by atoms with Gasteiger partial charge in [0, 0.05) is 6.54 Å². The highest BCUT2D eigenvalue weighted by Crippen LogP contribution is 2.38. The van der Waals surface area contributed by atoms with Crippen LogP contribution in [0.25, 0.3) is 0 Å². The molecule has 0 bridgehead atoms. The summed E-state index contributed by atoms with van der Waals surface area (Å²) in [4.78, 5) is 0. The Morgan fingerprint density at radius 2 is 1.67 bits per heavy atom. The van der Waals surface area contributed by atoms with E-state index in [4.69, 9.17) is 18.6 Å². The minimum atomic E-state index is 0.601. The van der Waals surface area contributed by atoms with Gasteiger partial charge in [0.05, 0.1) is 27.9 Å². The third-order valence-electron chi connectivity index (χ3n) is 2.98. The van der Waals surface area contributed by atoms with Gasteiger partial charge in [0.25, 0.3) is 0 Å². The van der Waals surface area contributed by atoms with E-state index in [0.717, 1.165) is 15.1 Å². The normalized spacial score (nSPS) is 10.5. The predicted octanol–water partition coefficient (Wildman–Crippen LogP) is 3.20. The summed E-state index contributed by atoms with van der Waals surface area (Å²) in [6, 6.07) is 7.77. The largest absolute Gasteiger partial charge is 0.493 e. The molecule has 2 rings (SSSR count). The van der Waals surface area contributed by atoms with Crippen LogP contribution in [-0.4, -0.2) is 21.3 Å². The van der Waals surface area contributed by atoms with Crippen LogP contribution in [0.2, 0.25) is 0 Å². The van der Waals surface area contributed by atoms with Crippen molar-refractivity contribution in [2.24, 2.45) is 0 Å². The Labute approximate surface area is 137 Å². The second-order valence-electron chi connectivity index (χ2n) is 4.34. The maximum absolute atomic E-state index is 5.50. The van der Waals surface area contributed by atoms with Crippen LogP contribution in [0.3, 0.4) is 0 Å². The first-order valence-electron chi connectivity index (χ1n) is 6.41. The van der Waals surface area contributed by atoms with Crippen LogP contribution in [0, 0.1) is 3.77 Å². The molecule has 0 saturated carbocycles. The molecular formula is C15H18INO4. The molecule has 5 nitrogen and oxygen atoms in total. The van der Waals surface area contributed by atoms with Crippen LogP contribution in [0.15, 0.2) is 28.7 Å². The molecule has 0 fully saturated rings. The van der Waals surface area contributed by atoms with Crippen molar-refractivity contribution < 1.29 is 18.6 Å². The van der Waals surface area contributed by atoms with Crippen molar-refractivity contribution in [3.63, 3.8) is 0 Å². The first kappa shape index (κ1) is 16.0. The number of benzene rings is 1. The summed E-state index contributed by atoms with van der Waals surface area (Å²) in [6.45, 7) is 1.34. The quantitative estimate of drug-likeness (QED) is 0.720. The van der Waals surface area contributed by atoms with Crippen molar-refractivity contribution >= 4 is 22.6 Å². The Hall–Kier alpha value is -1.41. The average molecular weight is 403 g/mol. The average Bonchev–Trinajstić information content (AvgIpc) is 2.91. The first-order valence-corrected chi connectivity index (χ1v) is 7.49. The molecular weight excluding hydrogens is 385 g/mol. The monoisotopic (exact) mass is 403 g/mol. The molecule has 0 amide bonds. The van der Waals surface area contributed by atoms with Gasteiger partial charge in [-0.1, -0.05) is 0 Å². The molecule has 1 aromatic heterocycles. The molecule has 0 radical (unpaired) electrons. The van der Waals surface area contributed by atoms with Crippen LogP contribution < -0.4 is 19.5 Å². The van der Waals surface area contributed by atoms with E-state index in [1.807, 2.05) is 24.3 Å². The Balaban J connectivity index is 2.05. The van der Waals surface area contributed by atoms with Crippen LogP contribution in [-0.2, 0) is 13.1 Å². The van der Waals surface area contributed by atoms with E-state index in [-0.39, 0.29) is 0 Å². The van der Waals surface area contributed by atoms with Gasteiger partial charge in [-0.15, -0.1) is 0 Å². The molecule has 114 valence electrons. The molecule has 0 atom stereocenters. The molecule has 1 aromatic carbocycles. The minimum Gasteiger partial charge on any atom is -0.493 e. The van der Waals surface area contributed by atoms with Gasteiger partial charge in [0.15, 0.2) is 15.3 Å². The molecule has 6 heteroatoms. The van der Waals surface area contributed by atoms with E-state index < -0.39 is 0 Å². The molecule has 21 heavy (non-hydrogen) atoms. The predicted molar refractivity (Wildman–Crippen MR) is 88.1 cm³/mol. The molecule has 0 unspecified atom stereocenters. The molecule has 2 aromatic rings. The lowest BCUT2D eigenvalue weighted by Gasteiger charge is -2.14. The highest BCUT2D eigenvalue weighted by Gasteiger charge is 2.13. The van der Waals surface area contributed by atoms with Crippen LogP contribution in [0.5, 0.6) is 17.2 Å². The summed E-state index contributed by atoms with van der Waals surface area (Å²) in [5.74, 6) is 2.82. The van der Waals surface area contributed by atoms with Crippen molar-refractivity contribution in [2.75, 3.05) is 21.3 Å². The van der Waals surface area contributed by atoms with Crippen LogP contribution in [0.4, 0.5) is 0 Å². The number of ether oxygens (including phenoxy) is 3. The van der Waals surface area contributed by atoms with Crippen molar-refractivity contribution in [2.45, 2.75) is 13.1 Å². The molecule has 0 saturated heterocycles. The van der Waals surface area contributed by atoms with E-state index in [1.165, 1.54) is 0 Å². The number of methoxy groups -OCH3 is 3. The number of rotatable bonds is 7. The molecule has 1 heterocycles. The minimum absolute atomic E-state index is 0.601. The van der Waals surface area contributed by atoms with E-state index in [9.17, 15) is 0 Å². The highest BCUT2D eigenvalue weighted by molar-refractivity contribution is 14.1. The van der Waals surface area contributed by atoms with Gasteiger partial charge in [-0.3, -0.25) is 0 Å². The number of hydrogen-bond acceptors (Lipinski definition) is 5. The fraction of sp³-hybridized carbons (Fsp3) is 0.333. The van der Waals surface area contributed by atoms with Crippen molar-refractivity contribution in [1.29, 1.82) is 0 Å². The van der Waals surface area contributed by atoms with Crippen LogP contribution >= 0.6 is 22.6 Å². The maximum atomic E-state index is 5.50. The van der Waals surface area contributed by atoms with E-state index >= 15 is 0 Å². The highest BCUT2D eigenvalue weighted by atomic mass is 127. The van der Waals surface area contributed by atoms with Crippen molar-refractivity contribution in [1.82, 2.24) is 5.32 Å². The lowest BCUT2D eigenvalue weighted by atomic mass is 10.1. The van der Waals surface area contributed by atoms with Gasteiger partial charge in [-0.05, 0) is 52.4 Å². The first-order chi connectivity index (χ1) is 10.2. The standard InChI is InChI=1S/C15H18INO4/c1-18-12-6-10(7-13(19-2)15(12)20-3)8-17-9-11-4-5-14(16)21-11/h4-7,17H,8-9H2,1-3H3. The maximum Gasteiger partial charge on any atom is 0.203 e. The number of hydrogen-bond donors (Lipinski definition) is 1. The van der Waals surface area contributed by atoms with Gasteiger partial charge in [0.1, 0.15) is 5.76 Å². The third-order valence-corrected chi connectivity index (χ3v) is 3.56. The fourth-order valence-electron chi connectivity index (χ4n) is 2.01. The zero-order chi connectivity index (χ0) is 15.2. The smallest absolute Gasteiger partial charge is 0.203 e. The third kappa shape index (κ3) is 4.04. The van der Waals surface area contributed by atoms with E-state index in [2.05, 4.69) is 27.9 Å². The van der Waals surface area contributed by atoms with Gasteiger partial charge >= 0.3 is 0 Å². The van der Waals surface area contributed by atoms with Gasteiger partial charge in [0.2, 0.25) is 5.75 Å². The van der Waals surface area contributed by atoms with Gasteiger partial charge < -0.3 is 23.9 Å².